The Hall–Kier alpha value is -4.06. The van der Waals surface area contributed by atoms with E-state index in [9.17, 15) is 14.9 Å². The molecule has 0 saturated heterocycles. The van der Waals surface area contributed by atoms with Crippen molar-refractivity contribution in [3.63, 3.8) is 0 Å². The van der Waals surface area contributed by atoms with E-state index in [4.69, 9.17) is 4.42 Å². The summed E-state index contributed by atoms with van der Waals surface area (Å²) in [4.78, 5) is 23.4. The maximum atomic E-state index is 13.0. The van der Waals surface area contributed by atoms with Crippen LogP contribution in [0.4, 0.5) is 5.69 Å². The van der Waals surface area contributed by atoms with Crippen molar-refractivity contribution in [3.05, 3.63) is 74.9 Å². The molecule has 0 aliphatic heterocycles. The molecule has 0 spiro atoms. The van der Waals surface area contributed by atoms with Crippen molar-refractivity contribution in [2.45, 2.75) is 37.2 Å². The Balaban J connectivity index is 1.49. The Labute approximate surface area is 196 Å². The second-order valence-electron chi connectivity index (χ2n) is 7.60. The van der Waals surface area contributed by atoms with Gasteiger partial charge in [0.05, 0.1) is 21.1 Å². The van der Waals surface area contributed by atoms with Crippen LogP contribution in [0.1, 0.15) is 31.4 Å². The Kier molecular flexibility index (Phi) is 5.57. The molecule has 5 aromatic rings. The summed E-state index contributed by atoms with van der Waals surface area (Å²) in [6.45, 7) is 4.45. The van der Waals surface area contributed by atoms with Crippen LogP contribution in [-0.2, 0) is 6.54 Å². The summed E-state index contributed by atoms with van der Waals surface area (Å²) < 4.78 is 9.35. The minimum Gasteiger partial charge on any atom is -0.419 e. The van der Waals surface area contributed by atoms with E-state index in [1.54, 1.807) is 22.8 Å². The molecule has 172 valence electrons. The van der Waals surface area contributed by atoms with Crippen molar-refractivity contribution < 1.29 is 9.34 Å². The molecule has 0 aliphatic rings. The number of benzene rings is 2. The lowest BCUT2D eigenvalue weighted by molar-refractivity contribution is -0.384. The molecule has 0 saturated carbocycles. The zero-order chi connectivity index (χ0) is 23.8. The Morgan fingerprint density at radius 3 is 2.59 bits per heavy atom. The zero-order valence-electron chi connectivity index (χ0n) is 18.3. The molecule has 0 radical (unpaired) electrons. The minimum absolute atomic E-state index is 0.0140. The van der Waals surface area contributed by atoms with E-state index in [0.29, 0.717) is 34.3 Å². The number of nitrogens with zero attached hydrogens (tertiary/aromatic N) is 7. The molecule has 0 bridgehead atoms. The number of aryl methyl sites for hydroxylation is 1. The first-order chi connectivity index (χ1) is 16.5. The van der Waals surface area contributed by atoms with Crippen LogP contribution >= 0.6 is 11.8 Å². The Bertz CT molecular complexity index is 1570. The zero-order valence-corrected chi connectivity index (χ0v) is 19.1. The molecule has 12 heteroatoms. The number of fused-ring (bicyclic) bond motifs is 3. The predicted octanol–water partition coefficient (Wildman–Crippen LogP) is 4.27. The van der Waals surface area contributed by atoms with Gasteiger partial charge in [-0.15, -0.1) is 20.4 Å². The lowest BCUT2D eigenvalue weighted by Gasteiger charge is -2.11. The molecule has 0 aliphatic carbocycles. The molecule has 1 atom stereocenters. The molecule has 1 unspecified atom stereocenters. The molecule has 11 nitrogen and oxygen atoms in total. The Morgan fingerprint density at radius 2 is 1.85 bits per heavy atom. The fraction of sp³-hybridized carbons (Fsp3) is 0.227. The van der Waals surface area contributed by atoms with Crippen LogP contribution in [-0.4, -0.2) is 34.3 Å². The van der Waals surface area contributed by atoms with Crippen LogP contribution in [0.5, 0.6) is 0 Å². The van der Waals surface area contributed by atoms with Gasteiger partial charge in [0.15, 0.2) is 5.16 Å². The molecule has 0 N–H and O–H groups in total. The summed E-state index contributed by atoms with van der Waals surface area (Å²) in [5, 5.41) is 28.7. The first-order valence-electron chi connectivity index (χ1n) is 10.6. The van der Waals surface area contributed by atoms with Gasteiger partial charge in [-0.3, -0.25) is 23.9 Å². The second-order valence-corrected chi connectivity index (χ2v) is 8.91. The van der Waals surface area contributed by atoms with E-state index in [0.717, 1.165) is 11.9 Å². The van der Waals surface area contributed by atoms with Gasteiger partial charge in [-0.2, -0.15) is 0 Å². The average molecular weight is 478 g/mol. The lowest BCUT2D eigenvalue weighted by atomic mass is 10.2. The summed E-state index contributed by atoms with van der Waals surface area (Å²) in [6.07, 6.45) is 0.785. The molecule has 5 rings (SSSR count). The number of non-ortho nitro benzene ring substituents is 1. The van der Waals surface area contributed by atoms with Gasteiger partial charge in [0, 0.05) is 24.2 Å². The van der Waals surface area contributed by atoms with Crippen molar-refractivity contribution in [1.29, 1.82) is 0 Å². The van der Waals surface area contributed by atoms with E-state index in [-0.39, 0.29) is 22.4 Å². The fourth-order valence-electron chi connectivity index (χ4n) is 3.68. The number of rotatable bonds is 7. The van der Waals surface area contributed by atoms with Gasteiger partial charge < -0.3 is 4.42 Å². The SMILES string of the molecule is CCCn1c(=O)c2ccccc2n2c(SC(C)c3nnc(-c4ccc([N+](=O)[O-])cc4)o3)nnc12. The molecule has 0 amide bonds. The molecule has 2 aromatic carbocycles. The van der Waals surface area contributed by atoms with Gasteiger partial charge >= 0.3 is 0 Å². The van der Waals surface area contributed by atoms with E-state index in [2.05, 4.69) is 20.4 Å². The number of hydrogen-bond acceptors (Lipinski definition) is 9. The number of nitro benzene ring substituents is 1. The summed E-state index contributed by atoms with van der Waals surface area (Å²) in [7, 11) is 0. The molecule has 0 fully saturated rings. The third-order valence-corrected chi connectivity index (χ3v) is 6.35. The van der Waals surface area contributed by atoms with Crippen LogP contribution in [0.15, 0.2) is 62.9 Å². The van der Waals surface area contributed by atoms with E-state index < -0.39 is 4.92 Å². The normalized spacial score (nSPS) is 12.4. The topological polar surface area (TPSA) is 134 Å². The molecular formula is C22H19N7O4S. The number of thioether (sulfide) groups is 1. The Morgan fingerprint density at radius 1 is 1.09 bits per heavy atom. The monoisotopic (exact) mass is 477 g/mol. The van der Waals surface area contributed by atoms with Crippen molar-refractivity contribution in [2.24, 2.45) is 0 Å². The number of para-hydroxylation sites is 1. The van der Waals surface area contributed by atoms with Crippen molar-refractivity contribution in [1.82, 2.24) is 29.4 Å². The van der Waals surface area contributed by atoms with Gasteiger partial charge in [0.1, 0.15) is 0 Å². The highest BCUT2D eigenvalue weighted by Crippen LogP contribution is 2.35. The minimum atomic E-state index is -0.464. The number of hydrogen-bond donors (Lipinski definition) is 0. The van der Waals surface area contributed by atoms with Crippen LogP contribution in [0, 0.1) is 10.1 Å². The highest BCUT2D eigenvalue weighted by atomic mass is 32.2. The van der Waals surface area contributed by atoms with Gasteiger partial charge in [0.25, 0.3) is 11.2 Å². The molecule has 34 heavy (non-hydrogen) atoms. The lowest BCUT2D eigenvalue weighted by Crippen LogP contribution is -2.23. The standard InChI is InChI=1S/C22H19N7O4S/c1-3-12-27-20(30)16-6-4-5-7-17(16)28-21(27)25-26-22(28)34-13(2)18-23-24-19(33-18)14-8-10-15(11-9-14)29(31)32/h4-11,13H,3,12H2,1-2H3. The van der Waals surface area contributed by atoms with Crippen molar-refractivity contribution in [3.8, 4) is 11.5 Å². The van der Waals surface area contributed by atoms with E-state index >= 15 is 0 Å². The highest BCUT2D eigenvalue weighted by molar-refractivity contribution is 7.99. The third-order valence-electron chi connectivity index (χ3n) is 5.32. The second kappa shape index (κ2) is 8.71. The average Bonchev–Trinajstić information content (AvgIpc) is 3.50. The number of aromatic nitrogens is 6. The van der Waals surface area contributed by atoms with Crippen LogP contribution in [0.25, 0.3) is 28.1 Å². The maximum Gasteiger partial charge on any atom is 0.269 e. The third kappa shape index (κ3) is 3.71. The fourth-order valence-corrected chi connectivity index (χ4v) is 4.57. The smallest absolute Gasteiger partial charge is 0.269 e. The van der Waals surface area contributed by atoms with Crippen LogP contribution in [0.2, 0.25) is 0 Å². The largest absolute Gasteiger partial charge is 0.419 e. The maximum absolute atomic E-state index is 13.0. The van der Waals surface area contributed by atoms with Gasteiger partial charge in [0.2, 0.25) is 17.6 Å². The highest BCUT2D eigenvalue weighted by Gasteiger charge is 2.22. The molecule has 3 aromatic heterocycles. The summed E-state index contributed by atoms with van der Waals surface area (Å²) >= 11 is 1.38. The summed E-state index contributed by atoms with van der Waals surface area (Å²) in [6, 6.07) is 13.3. The molecular weight excluding hydrogens is 458 g/mol. The van der Waals surface area contributed by atoms with Crippen LogP contribution < -0.4 is 5.56 Å². The predicted molar refractivity (Wildman–Crippen MR) is 126 cm³/mol. The van der Waals surface area contributed by atoms with Gasteiger partial charge in [-0.1, -0.05) is 30.8 Å². The summed E-state index contributed by atoms with van der Waals surface area (Å²) in [5.41, 5.74) is 1.21. The van der Waals surface area contributed by atoms with Crippen molar-refractivity contribution >= 4 is 34.1 Å². The first-order valence-corrected chi connectivity index (χ1v) is 11.5. The molecule has 3 heterocycles. The first kappa shape index (κ1) is 21.8. The quantitative estimate of drug-likeness (QED) is 0.191. The van der Waals surface area contributed by atoms with E-state index in [1.807, 2.05) is 36.4 Å². The van der Waals surface area contributed by atoms with Gasteiger partial charge in [-0.05, 0) is 37.6 Å². The van der Waals surface area contributed by atoms with Crippen molar-refractivity contribution in [2.75, 3.05) is 0 Å². The summed E-state index contributed by atoms with van der Waals surface area (Å²) in [5.74, 6) is 1.13. The van der Waals surface area contributed by atoms with Crippen LogP contribution in [0.3, 0.4) is 0 Å². The van der Waals surface area contributed by atoms with E-state index in [1.165, 1.54) is 23.9 Å². The number of nitro groups is 1. The van der Waals surface area contributed by atoms with Gasteiger partial charge in [-0.25, -0.2) is 0 Å².